The summed E-state index contributed by atoms with van der Waals surface area (Å²) in [5.74, 6) is 0.273. The Morgan fingerprint density at radius 3 is 2.88 bits per heavy atom. The lowest BCUT2D eigenvalue weighted by Gasteiger charge is -2.01. The van der Waals surface area contributed by atoms with Crippen molar-refractivity contribution in [2.45, 2.75) is 39.0 Å². The number of rotatable bonds is 7. The summed E-state index contributed by atoms with van der Waals surface area (Å²) in [5, 5.41) is 0. The summed E-state index contributed by atoms with van der Waals surface area (Å²) in [5.41, 5.74) is 7.42. The van der Waals surface area contributed by atoms with Crippen molar-refractivity contribution in [3.63, 3.8) is 0 Å². The molecule has 0 aliphatic heterocycles. The molecule has 1 aromatic rings. The molecule has 3 heteroatoms. The second kappa shape index (κ2) is 7.12. The molecule has 0 fully saturated rings. The molecule has 0 atom stereocenters. The van der Waals surface area contributed by atoms with E-state index in [9.17, 15) is 4.79 Å². The lowest BCUT2D eigenvalue weighted by atomic mass is 10.1. The SMILES string of the molecule is Cc1ccnc(CC(=O)CCCCCN)c1. The number of carbonyl (C=O) groups excluding carboxylic acids is 1. The smallest absolute Gasteiger partial charge is 0.138 e. The number of aryl methyl sites for hydroxylation is 1. The average molecular weight is 220 g/mol. The van der Waals surface area contributed by atoms with Crippen molar-refractivity contribution in [2.24, 2.45) is 5.73 Å². The molecule has 0 unspecified atom stereocenters. The Morgan fingerprint density at radius 1 is 1.38 bits per heavy atom. The Bertz CT molecular complexity index is 336. The van der Waals surface area contributed by atoms with Gasteiger partial charge in [0.15, 0.2) is 0 Å². The third-order valence-corrected chi connectivity index (χ3v) is 2.51. The molecule has 1 aromatic heterocycles. The van der Waals surface area contributed by atoms with Gasteiger partial charge >= 0.3 is 0 Å². The maximum Gasteiger partial charge on any atom is 0.138 e. The van der Waals surface area contributed by atoms with E-state index in [2.05, 4.69) is 4.98 Å². The molecule has 0 aliphatic carbocycles. The van der Waals surface area contributed by atoms with Gasteiger partial charge in [-0.15, -0.1) is 0 Å². The zero-order chi connectivity index (χ0) is 11.8. The Kier molecular flexibility index (Phi) is 5.72. The zero-order valence-corrected chi connectivity index (χ0v) is 9.91. The molecule has 0 amide bonds. The number of hydrogen-bond acceptors (Lipinski definition) is 3. The van der Waals surface area contributed by atoms with Crippen LogP contribution in [0.1, 0.15) is 36.9 Å². The molecule has 3 nitrogen and oxygen atoms in total. The summed E-state index contributed by atoms with van der Waals surface area (Å²) in [6, 6.07) is 3.91. The topological polar surface area (TPSA) is 56.0 Å². The van der Waals surface area contributed by atoms with Gasteiger partial charge in [-0.2, -0.15) is 0 Å². The highest BCUT2D eigenvalue weighted by molar-refractivity contribution is 5.80. The van der Waals surface area contributed by atoms with Crippen LogP contribution in [0.2, 0.25) is 0 Å². The first kappa shape index (κ1) is 12.8. The largest absolute Gasteiger partial charge is 0.330 e. The van der Waals surface area contributed by atoms with Gasteiger partial charge in [-0.1, -0.05) is 6.42 Å². The first-order valence-electron chi connectivity index (χ1n) is 5.85. The van der Waals surface area contributed by atoms with Crippen LogP contribution in [-0.4, -0.2) is 17.3 Å². The molecule has 0 saturated carbocycles. The highest BCUT2D eigenvalue weighted by atomic mass is 16.1. The van der Waals surface area contributed by atoms with E-state index in [-0.39, 0.29) is 5.78 Å². The van der Waals surface area contributed by atoms with Gasteiger partial charge in [-0.3, -0.25) is 9.78 Å². The fourth-order valence-corrected chi connectivity index (χ4v) is 1.63. The van der Waals surface area contributed by atoms with Gasteiger partial charge in [-0.25, -0.2) is 0 Å². The second-order valence-corrected chi connectivity index (χ2v) is 4.14. The minimum Gasteiger partial charge on any atom is -0.330 e. The molecule has 88 valence electrons. The van der Waals surface area contributed by atoms with Gasteiger partial charge in [0.25, 0.3) is 0 Å². The van der Waals surface area contributed by atoms with Crippen LogP contribution >= 0.6 is 0 Å². The van der Waals surface area contributed by atoms with E-state index >= 15 is 0 Å². The summed E-state index contributed by atoms with van der Waals surface area (Å²) in [6.45, 7) is 2.73. The molecule has 0 radical (unpaired) electrons. The number of Topliss-reactive ketones (excluding diaryl/α,β-unsaturated/α-hetero) is 1. The van der Waals surface area contributed by atoms with Crippen LogP contribution < -0.4 is 5.73 Å². The van der Waals surface area contributed by atoms with Crippen molar-refractivity contribution >= 4 is 5.78 Å². The van der Waals surface area contributed by atoms with E-state index in [1.54, 1.807) is 6.20 Å². The Labute approximate surface area is 97.1 Å². The van der Waals surface area contributed by atoms with Crippen molar-refractivity contribution < 1.29 is 4.79 Å². The fourth-order valence-electron chi connectivity index (χ4n) is 1.63. The van der Waals surface area contributed by atoms with Gasteiger partial charge < -0.3 is 5.73 Å². The first-order valence-corrected chi connectivity index (χ1v) is 5.85. The van der Waals surface area contributed by atoms with Crippen molar-refractivity contribution in [2.75, 3.05) is 6.54 Å². The van der Waals surface area contributed by atoms with Crippen LogP contribution in [0.25, 0.3) is 0 Å². The molecule has 0 aliphatic rings. The molecule has 0 bridgehead atoms. The minimum absolute atomic E-state index is 0.273. The van der Waals surface area contributed by atoms with Crippen LogP contribution in [0.4, 0.5) is 0 Å². The van der Waals surface area contributed by atoms with E-state index in [0.717, 1.165) is 30.5 Å². The number of ketones is 1. The summed E-state index contributed by atoms with van der Waals surface area (Å²) in [7, 11) is 0. The van der Waals surface area contributed by atoms with E-state index in [1.807, 2.05) is 19.1 Å². The summed E-state index contributed by atoms with van der Waals surface area (Å²) in [4.78, 5) is 15.8. The van der Waals surface area contributed by atoms with Gasteiger partial charge in [0.05, 0.1) is 0 Å². The van der Waals surface area contributed by atoms with E-state index in [1.165, 1.54) is 0 Å². The summed E-state index contributed by atoms with van der Waals surface area (Å²) < 4.78 is 0. The molecule has 0 aromatic carbocycles. The van der Waals surface area contributed by atoms with Crippen molar-refractivity contribution in [1.82, 2.24) is 4.98 Å². The zero-order valence-electron chi connectivity index (χ0n) is 9.91. The fraction of sp³-hybridized carbons (Fsp3) is 0.538. The number of aromatic nitrogens is 1. The maximum atomic E-state index is 11.6. The van der Waals surface area contributed by atoms with Gasteiger partial charge in [0.2, 0.25) is 0 Å². The van der Waals surface area contributed by atoms with E-state index in [0.29, 0.717) is 19.4 Å². The minimum atomic E-state index is 0.273. The Morgan fingerprint density at radius 2 is 2.19 bits per heavy atom. The molecule has 16 heavy (non-hydrogen) atoms. The lowest BCUT2D eigenvalue weighted by Crippen LogP contribution is -2.05. The normalized spacial score (nSPS) is 10.4. The van der Waals surface area contributed by atoms with Crippen molar-refractivity contribution in [3.8, 4) is 0 Å². The van der Waals surface area contributed by atoms with Crippen LogP contribution in [0.3, 0.4) is 0 Å². The van der Waals surface area contributed by atoms with E-state index < -0.39 is 0 Å². The molecule has 1 heterocycles. The second-order valence-electron chi connectivity index (χ2n) is 4.14. The van der Waals surface area contributed by atoms with Crippen LogP contribution in [-0.2, 0) is 11.2 Å². The van der Waals surface area contributed by atoms with Gasteiger partial charge in [0.1, 0.15) is 5.78 Å². The van der Waals surface area contributed by atoms with Crippen LogP contribution in [0.15, 0.2) is 18.3 Å². The summed E-state index contributed by atoms with van der Waals surface area (Å²) in [6.07, 6.45) is 5.87. The predicted molar refractivity (Wildman–Crippen MR) is 65.2 cm³/mol. The highest BCUT2D eigenvalue weighted by Gasteiger charge is 2.04. The van der Waals surface area contributed by atoms with Crippen molar-refractivity contribution in [1.29, 1.82) is 0 Å². The first-order chi connectivity index (χ1) is 7.72. The Hall–Kier alpha value is -1.22. The highest BCUT2D eigenvalue weighted by Crippen LogP contribution is 2.05. The maximum absolute atomic E-state index is 11.6. The number of pyridine rings is 1. The van der Waals surface area contributed by atoms with Crippen molar-refractivity contribution in [3.05, 3.63) is 29.6 Å². The number of hydrogen-bond donors (Lipinski definition) is 1. The van der Waals surface area contributed by atoms with Gasteiger partial charge in [0, 0.05) is 24.7 Å². The summed E-state index contributed by atoms with van der Waals surface area (Å²) >= 11 is 0. The number of carbonyl (C=O) groups is 1. The molecule has 0 spiro atoms. The quantitative estimate of drug-likeness (QED) is 0.715. The number of nitrogens with zero attached hydrogens (tertiary/aromatic N) is 1. The van der Waals surface area contributed by atoms with E-state index in [4.69, 9.17) is 5.73 Å². The molecular formula is C13H20N2O. The van der Waals surface area contributed by atoms with Crippen LogP contribution in [0, 0.1) is 6.92 Å². The number of unbranched alkanes of at least 4 members (excludes halogenated alkanes) is 2. The predicted octanol–water partition coefficient (Wildman–Crippen LogP) is 2.02. The molecule has 1 rings (SSSR count). The molecular weight excluding hydrogens is 200 g/mol. The Balaban J connectivity index is 2.29. The molecule has 0 saturated heterocycles. The van der Waals surface area contributed by atoms with Crippen LogP contribution in [0.5, 0.6) is 0 Å². The average Bonchev–Trinajstić information content (AvgIpc) is 2.24. The molecule has 2 N–H and O–H groups in total. The lowest BCUT2D eigenvalue weighted by molar-refractivity contribution is -0.118. The monoisotopic (exact) mass is 220 g/mol. The third kappa shape index (κ3) is 5.03. The number of nitrogens with two attached hydrogens (primary N) is 1. The third-order valence-electron chi connectivity index (χ3n) is 2.51. The van der Waals surface area contributed by atoms with Gasteiger partial charge in [-0.05, 0) is 44.0 Å². The standard InChI is InChI=1S/C13H20N2O/c1-11-6-8-15-12(9-11)10-13(16)5-3-2-4-7-14/h6,8-9H,2-5,7,10,14H2,1H3.